The number of hydrogen-bond acceptors (Lipinski definition) is 7. The van der Waals surface area contributed by atoms with Crippen LogP contribution >= 0.6 is 0 Å². The molecule has 0 unspecified atom stereocenters. The second-order valence-corrected chi connectivity index (χ2v) is 7.46. The predicted octanol–water partition coefficient (Wildman–Crippen LogP) is -0.212. The molecule has 2 aliphatic heterocycles. The van der Waals surface area contributed by atoms with Crippen LogP contribution in [-0.4, -0.2) is 69.3 Å². The second kappa shape index (κ2) is 8.37. The predicted molar refractivity (Wildman–Crippen MR) is 106 cm³/mol. The van der Waals surface area contributed by atoms with Gasteiger partial charge in [0.1, 0.15) is 29.7 Å². The number of fused-ring (bicyclic) bond motifs is 1. The third kappa shape index (κ3) is 4.12. The molecule has 0 saturated carbocycles. The molecular formula is C19H23BN4O6. The van der Waals surface area contributed by atoms with Crippen LogP contribution in [0.2, 0.25) is 6.32 Å². The van der Waals surface area contributed by atoms with Crippen molar-refractivity contribution in [3.8, 4) is 11.5 Å². The van der Waals surface area contributed by atoms with Crippen LogP contribution in [0.25, 0.3) is 0 Å². The minimum Gasteiger partial charge on any atom is -0.535 e. The molecule has 30 heavy (non-hydrogen) atoms. The lowest BCUT2D eigenvalue weighted by atomic mass is 9.78. The summed E-state index contributed by atoms with van der Waals surface area (Å²) >= 11 is 0. The van der Waals surface area contributed by atoms with Crippen LogP contribution in [0.5, 0.6) is 11.5 Å². The third-order valence-electron chi connectivity index (χ3n) is 5.23. The highest BCUT2D eigenvalue weighted by molar-refractivity contribution is 6.44. The molecule has 0 spiro atoms. The van der Waals surface area contributed by atoms with Gasteiger partial charge in [-0.1, -0.05) is 6.07 Å². The summed E-state index contributed by atoms with van der Waals surface area (Å²) in [5.41, 5.74) is 6.98. The first-order chi connectivity index (χ1) is 14.4. The number of aromatic carboxylic acids is 1. The highest BCUT2D eigenvalue weighted by Crippen LogP contribution is 2.37. The molecule has 0 bridgehead atoms. The van der Waals surface area contributed by atoms with Crippen LogP contribution in [0.4, 0.5) is 0 Å². The first-order valence-corrected chi connectivity index (χ1v) is 9.83. The number of rotatable bonds is 7. The van der Waals surface area contributed by atoms with Crippen molar-refractivity contribution >= 4 is 19.0 Å². The van der Waals surface area contributed by atoms with Gasteiger partial charge in [-0.25, -0.2) is 9.78 Å². The summed E-state index contributed by atoms with van der Waals surface area (Å²) in [6, 6.07) is 3.36. The lowest BCUT2D eigenvalue weighted by molar-refractivity contribution is -0.140. The van der Waals surface area contributed by atoms with Gasteiger partial charge in [-0.15, -0.1) is 0 Å². The van der Waals surface area contributed by atoms with Crippen molar-refractivity contribution in [2.45, 2.75) is 31.8 Å². The van der Waals surface area contributed by atoms with Crippen molar-refractivity contribution in [1.82, 2.24) is 14.5 Å². The Morgan fingerprint density at radius 1 is 1.37 bits per heavy atom. The van der Waals surface area contributed by atoms with Crippen molar-refractivity contribution in [3.05, 3.63) is 41.5 Å². The van der Waals surface area contributed by atoms with Crippen LogP contribution in [0, 0.1) is 0 Å². The van der Waals surface area contributed by atoms with Crippen LogP contribution in [0.15, 0.2) is 24.7 Å². The quantitative estimate of drug-likeness (QED) is 0.529. The van der Waals surface area contributed by atoms with Gasteiger partial charge in [0.25, 0.3) is 0 Å². The summed E-state index contributed by atoms with van der Waals surface area (Å²) in [7, 11) is -1.03. The number of ether oxygens (including phenoxy) is 1. The number of hydrogen-bond donors (Lipinski definition) is 3. The van der Waals surface area contributed by atoms with E-state index in [0.29, 0.717) is 38.8 Å². The molecule has 158 valence electrons. The zero-order valence-electron chi connectivity index (χ0n) is 16.4. The molecule has 4 rings (SSSR count). The number of amides is 1. The molecule has 2 aromatic rings. The van der Waals surface area contributed by atoms with Gasteiger partial charge in [0.2, 0.25) is 5.91 Å². The first-order valence-electron chi connectivity index (χ1n) is 9.83. The van der Waals surface area contributed by atoms with Gasteiger partial charge in [0.05, 0.1) is 25.1 Å². The number of likely N-dealkylation sites (tertiary alicyclic amines) is 1. The number of carboxylic acids is 1. The Balaban J connectivity index is 1.37. The topological polar surface area (TPSA) is 140 Å². The molecule has 2 aliphatic rings. The van der Waals surface area contributed by atoms with E-state index in [4.69, 9.17) is 15.1 Å². The Hall–Kier alpha value is -3.05. The lowest BCUT2D eigenvalue weighted by Gasteiger charge is -2.39. The Morgan fingerprint density at radius 2 is 2.17 bits per heavy atom. The smallest absolute Gasteiger partial charge is 0.522 e. The summed E-state index contributed by atoms with van der Waals surface area (Å²) in [6.45, 7) is 1.40. The first kappa shape index (κ1) is 20.2. The number of nitrogens with two attached hydrogens (primary N) is 1. The normalized spacial score (nSPS) is 15.9. The number of benzene rings is 1. The fraction of sp³-hybridized carbons (Fsp3) is 0.421. The van der Waals surface area contributed by atoms with Crippen LogP contribution in [-0.2, 0) is 24.2 Å². The zero-order valence-corrected chi connectivity index (χ0v) is 16.4. The highest BCUT2D eigenvalue weighted by atomic mass is 16.5. The van der Waals surface area contributed by atoms with Gasteiger partial charge in [-0.05, 0) is 30.9 Å². The molecule has 0 atom stereocenters. The van der Waals surface area contributed by atoms with Gasteiger partial charge < -0.3 is 34.7 Å². The van der Waals surface area contributed by atoms with Crippen molar-refractivity contribution in [2.24, 2.45) is 5.73 Å². The van der Waals surface area contributed by atoms with E-state index in [0.717, 1.165) is 11.3 Å². The van der Waals surface area contributed by atoms with E-state index in [1.807, 2.05) is 0 Å². The molecule has 1 amide bonds. The summed E-state index contributed by atoms with van der Waals surface area (Å²) < 4.78 is 12.9. The average Bonchev–Trinajstić information content (AvgIpc) is 3.10. The highest BCUT2D eigenvalue weighted by Gasteiger charge is 2.35. The number of carbonyl (C=O) groups excluding carboxylic acids is 1. The molecule has 1 fully saturated rings. The summed E-state index contributed by atoms with van der Waals surface area (Å²) in [4.78, 5) is 30.1. The number of nitrogens with zero attached hydrogens (tertiary/aromatic N) is 3. The fourth-order valence-electron chi connectivity index (χ4n) is 3.64. The van der Waals surface area contributed by atoms with Crippen LogP contribution < -0.4 is 15.1 Å². The van der Waals surface area contributed by atoms with E-state index in [1.54, 1.807) is 34.1 Å². The Bertz CT molecular complexity index is 958. The lowest BCUT2D eigenvalue weighted by Crippen LogP contribution is -2.57. The Morgan fingerprint density at radius 3 is 2.90 bits per heavy atom. The summed E-state index contributed by atoms with van der Waals surface area (Å²) in [6.07, 6.45) is 4.71. The van der Waals surface area contributed by atoms with Crippen molar-refractivity contribution in [2.75, 3.05) is 19.6 Å². The van der Waals surface area contributed by atoms with E-state index in [9.17, 15) is 19.7 Å². The van der Waals surface area contributed by atoms with E-state index in [2.05, 4.69) is 4.98 Å². The van der Waals surface area contributed by atoms with Gasteiger partial charge in [0, 0.05) is 12.6 Å². The fourth-order valence-corrected chi connectivity index (χ4v) is 3.64. The molecule has 10 nitrogen and oxygen atoms in total. The van der Waals surface area contributed by atoms with E-state index >= 15 is 0 Å². The number of aromatic nitrogens is 2. The number of imidazole rings is 1. The monoisotopic (exact) mass is 414 g/mol. The molecule has 0 aliphatic carbocycles. The number of carbonyl (C=O) groups is 2. The number of carboxylic acid groups (broad SMARTS) is 1. The Kier molecular flexibility index (Phi) is 5.64. The minimum atomic E-state index is -1.18. The molecule has 0 radical (unpaired) electrons. The van der Waals surface area contributed by atoms with E-state index < -0.39 is 13.1 Å². The van der Waals surface area contributed by atoms with E-state index in [1.165, 1.54) is 0 Å². The van der Waals surface area contributed by atoms with Crippen molar-refractivity contribution in [1.29, 1.82) is 0 Å². The standard InChI is InChI=1S/C19H23BN4O6/c21-6-4-13-7-23(11-22-13)10-16(25)24-8-14(9-24)29-15-2-1-12-3-5-20(28)30-18(12)17(15)19(26)27/h1-2,7,11,14,28H,3-6,8-10,21H2,(H,26,27). The second-order valence-electron chi connectivity index (χ2n) is 7.46. The van der Waals surface area contributed by atoms with Gasteiger partial charge in [-0.3, -0.25) is 4.79 Å². The SMILES string of the molecule is NCCc1cn(CC(=O)N2CC(Oc3ccc4c(c3C(=O)O)OB(O)CC4)C2)cn1. The number of aryl methyl sites for hydroxylation is 1. The van der Waals surface area contributed by atoms with Crippen molar-refractivity contribution < 1.29 is 29.1 Å². The summed E-state index contributed by atoms with van der Waals surface area (Å²) in [5.74, 6) is -0.925. The van der Waals surface area contributed by atoms with Gasteiger partial charge in [-0.2, -0.15) is 0 Å². The van der Waals surface area contributed by atoms with Gasteiger partial charge >= 0.3 is 13.1 Å². The maximum absolute atomic E-state index is 12.4. The molecule has 1 saturated heterocycles. The van der Waals surface area contributed by atoms with Gasteiger partial charge in [0.15, 0.2) is 0 Å². The van der Waals surface area contributed by atoms with Crippen LogP contribution in [0.3, 0.4) is 0 Å². The molecule has 4 N–H and O–H groups in total. The van der Waals surface area contributed by atoms with E-state index in [-0.39, 0.29) is 35.6 Å². The Labute approximate surface area is 173 Å². The summed E-state index contributed by atoms with van der Waals surface area (Å²) in [5, 5.41) is 19.4. The average molecular weight is 414 g/mol. The maximum atomic E-state index is 12.4. The molecule has 1 aromatic heterocycles. The molecule has 1 aromatic carbocycles. The van der Waals surface area contributed by atoms with Crippen LogP contribution in [0.1, 0.15) is 21.6 Å². The largest absolute Gasteiger partial charge is 0.535 e. The van der Waals surface area contributed by atoms with Crippen molar-refractivity contribution in [3.63, 3.8) is 0 Å². The maximum Gasteiger partial charge on any atom is 0.522 e. The molecule has 3 heterocycles. The zero-order chi connectivity index (χ0) is 21.3. The molecule has 11 heteroatoms. The molecular weight excluding hydrogens is 391 g/mol. The third-order valence-corrected chi connectivity index (χ3v) is 5.23. The minimum absolute atomic E-state index is 0.0677.